The molecule has 0 amide bonds. The summed E-state index contributed by atoms with van der Waals surface area (Å²) in [4.78, 5) is 4.37. The molecule has 1 aromatic heterocycles. The molecule has 142 valence electrons. The molecule has 0 bridgehead atoms. The molecule has 27 heavy (non-hydrogen) atoms. The van der Waals surface area contributed by atoms with Gasteiger partial charge in [0, 0.05) is 25.1 Å². The molecule has 2 unspecified atom stereocenters. The maximum absolute atomic E-state index is 5.28. The summed E-state index contributed by atoms with van der Waals surface area (Å²) in [7, 11) is 1.79. The maximum Gasteiger partial charge on any atom is 0.191 e. The zero-order valence-electron chi connectivity index (χ0n) is 16.7. The summed E-state index contributed by atoms with van der Waals surface area (Å²) in [5, 5.41) is 13.4. The molecule has 0 spiro atoms. The molecule has 2 aromatic carbocycles. The summed E-state index contributed by atoms with van der Waals surface area (Å²) in [5.74, 6) is 1.95. The van der Waals surface area contributed by atoms with Gasteiger partial charge in [-0.2, -0.15) is 0 Å². The summed E-state index contributed by atoms with van der Waals surface area (Å²) in [6.07, 6.45) is 0. The summed E-state index contributed by atoms with van der Waals surface area (Å²) < 4.78 is 5.28. The van der Waals surface area contributed by atoms with Gasteiger partial charge in [0.1, 0.15) is 5.76 Å². The average Bonchev–Trinajstić information content (AvgIpc) is 3.02. The van der Waals surface area contributed by atoms with Crippen LogP contribution in [0, 0.1) is 13.8 Å². The smallest absolute Gasteiger partial charge is 0.191 e. The lowest BCUT2D eigenvalue weighted by atomic mass is 9.99. The predicted octanol–water partition coefficient (Wildman–Crippen LogP) is 4.47. The Bertz CT molecular complexity index is 925. The fourth-order valence-corrected chi connectivity index (χ4v) is 3.51. The number of guanidine groups is 1. The molecule has 0 radical (unpaired) electrons. The normalized spacial score (nSPS) is 14.2. The number of hydrogen-bond acceptors (Lipinski definition) is 3. The van der Waals surface area contributed by atoms with Crippen molar-refractivity contribution < 1.29 is 4.52 Å². The quantitative estimate of drug-likeness (QED) is 0.518. The van der Waals surface area contributed by atoms with Crippen molar-refractivity contribution in [2.24, 2.45) is 4.99 Å². The van der Waals surface area contributed by atoms with Crippen LogP contribution in [-0.2, 0) is 0 Å². The largest absolute Gasteiger partial charge is 0.361 e. The highest BCUT2D eigenvalue weighted by Crippen LogP contribution is 2.23. The van der Waals surface area contributed by atoms with E-state index in [2.05, 4.69) is 77.1 Å². The number of hydrogen-bond donors (Lipinski definition) is 2. The van der Waals surface area contributed by atoms with Crippen molar-refractivity contribution in [2.75, 3.05) is 13.6 Å². The lowest BCUT2D eigenvalue weighted by molar-refractivity contribution is 0.391. The van der Waals surface area contributed by atoms with E-state index in [4.69, 9.17) is 4.52 Å². The van der Waals surface area contributed by atoms with Crippen LogP contribution < -0.4 is 10.6 Å². The molecule has 3 rings (SSSR count). The van der Waals surface area contributed by atoms with Crippen LogP contribution in [0.4, 0.5) is 0 Å². The van der Waals surface area contributed by atoms with Crippen LogP contribution in [0.5, 0.6) is 0 Å². The first-order valence-corrected chi connectivity index (χ1v) is 9.38. The fraction of sp³-hybridized carbons (Fsp3) is 0.364. The van der Waals surface area contributed by atoms with Crippen molar-refractivity contribution in [2.45, 2.75) is 39.7 Å². The Balaban J connectivity index is 1.64. The van der Waals surface area contributed by atoms with Gasteiger partial charge in [-0.05, 0) is 43.2 Å². The number of aliphatic imine (C=N–C) groups is 1. The van der Waals surface area contributed by atoms with Crippen LogP contribution in [-0.4, -0.2) is 24.7 Å². The molecule has 0 saturated carbocycles. The Morgan fingerprint density at radius 2 is 1.85 bits per heavy atom. The number of aromatic nitrogens is 1. The Morgan fingerprint density at radius 1 is 1.11 bits per heavy atom. The number of fused-ring (bicyclic) bond motifs is 1. The van der Waals surface area contributed by atoms with E-state index in [0.717, 1.165) is 24.0 Å². The van der Waals surface area contributed by atoms with Gasteiger partial charge >= 0.3 is 0 Å². The van der Waals surface area contributed by atoms with Crippen molar-refractivity contribution in [3.8, 4) is 0 Å². The van der Waals surface area contributed by atoms with Crippen LogP contribution in [0.15, 0.2) is 52.0 Å². The van der Waals surface area contributed by atoms with E-state index in [1.54, 1.807) is 7.05 Å². The van der Waals surface area contributed by atoms with Gasteiger partial charge in [-0.25, -0.2) is 0 Å². The predicted molar refractivity (Wildman–Crippen MR) is 111 cm³/mol. The summed E-state index contributed by atoms with van der Waals surface area (Å²) in [5.41, 5.74) is 3.35. The molecule has 5 nitrogen and oxygen atoms in total. The van der Waals surface area contributed by atoms with Crippen LogP contribution >= 0.6 is 0 Å². The van der Waals surface area contributed by atoms with Crippen molar-refractivity contribution in [3.05, 3.63) is 65.0 Å². The Kier molecular flexibility index (Phi) is 5.79. The van der Waals surface area contributed by atoms with Crippen LogP contribution in [0.3, 0.4) is 0 Å². The Labute approximate surface area is 160 Å². The molecule has 0 aliphatic rings. The molecular formula is C22H28N4O. The monoisotopic (exact) mass is 364 g/mol. The third-order valence-electron chi connectivity index (χ3n) is 5.01. The van der Waals surface area contributed by atoms with Gasteiger partial charge in [0.2, 0.25) is 0 Å². The maximum atomic E-state index is 5.28. The lowest BCUT2D eigenvalue weighted by Crippen LogP contribution is -2.40. The van der Waals surface area contributed by atoms with Crippen LogP contribution in [0.2, 0.25) is 0 Å². The second-order valence-electron chi connectivity index (χ2n) is 7.06. The minimum Gasteiger partial charge on any atom is -0.361 e. The zero-order valence-corrected chi connectivity index (χ0v) is 16.7. The summed E-state index contributed by atoms with van der Waals surface area (Å²) in [6, 6.07) is 15.1. The molecule has 3 aromatic rings. The molecule has 0 aliphatic heterocycles. The van der Waals surface area contributed by atoms with E-state index in [-0.39, 0.29) is 12.0 Å². The van der Waals surface area contributed by atoms with E-state index in [0.29, 0.717) is 0 Å². The molecule has 1 heterocycles. The molecule has 0 fully saturated rings. The molecule has 0 aliphatic carbocycles. The van der Waals surface area contributed by atoms with Crippen molar-refractivity contribution >= 4 is 16.7 Å². The number of nitrogens with zero attached hydrogens (tertiary/aromatic N) is 2. The van der Waals surface area contributed by atoms with Gasteiger partial charge < -0.3 is 15.2 Å². The minimum absolute atomic E-state index is 0.148. The highest BCUT2D eigenvalue weighted by Gasteiger charge is 2.17. The number of nitrogens with one attached hydrogen (secondary N) is 2. The van der Waals surface area contributed by atoms with E-state index < -0.39 is 0 Å². The highest BCUT2D eigenvalue weighted by atomic mass is 16.5. The van der Waals surface area contributed by atoms with E-state index >= 15 is 0 Å². The molecule has 2 atom stereocenters. The van der Waals surface area contributed by atoms with E-state index in [1.807, 2.05) is 13.8 Å². The Morgan fingerprint density at radius 3 is 2.52 bits per heavy atom. The summed E-state index contributed by atoms with van der Waals surface area (Å²) in [6.45, 7) is 9.01. The third-order valence-corrected chi connectivity index (χ3v) is 5.01. The number of aryl methyl sites for hydroxylation is 2. The van der Waals surface area contributed by atoms with E-state index in [1.165, 1.54) is 21.9 Å². The number of rotatable bonds is 5. The van der Waals surface area contributed by atoms with Gasteiger partial charge in [0.05, 0.1) is 11.7 Å². The zero-order chi connectivity index (χ0) is 19.4. The SMILES string of the molecule is CN=C(NCC(C)c1c(C)noc1C)NC(C)c1ccc2ccccc2c1. The van der Waals surface area contributed by atoms with Crippen molar-refractivity contribution in [1.82, 2.24) is 15.8 Å². The standard InChI is InChI=1S/C22H28N4O/c1-14(21-16(3)26-27-17(21)4)13-24-22(23-5)25-15(2)19-11-10-18-8-6-7-9-20(18)12-19/h6-12,14-15H,13H2,1-5H3,(H2,23,24,25). The second-order valence-corrected chi connectivity index (χ2v) is 7.06. The highest BCUT2D eigenvalue weighted by molar-refractivity contribution is 5.84. The second kappa shape index (κ2) is 8.25. The van der Waals surface area contributed by atoms with Gasteiger partial charge in [0.25, 0.3) is 0 Å². The molecule has 0 saturated heterocycles. The van der Waals surface area contributed by atoms with Gasteiger partial charge in [0.15, 0.2) is 5.96 Å². The topological polar surface area (TPSA) is 62.5 Å². The number of benzene rings is 2. The van der Waals surface area contributed by atoms with Gasteiger partial charge in [-0.3, -0.25) is 4.99 Å². The van der Waals surface area contributed by atoms with Crippen LogP contribution in [0.25, 0.3) is 10.8 Å². The van der Waals surface area contributed by atoms with E-state index in [9.17, 15) is 0 Å². The first kappa shape index (κ1) is 19.0. The molecule has 2 N–H and O–H groups in total. The first-order chi connectivity index (χ1) is 13.0. The summed E-state index contributed by atoms with van der Waals surface area (Å²) >= 11 is 0. The van der Waals surface area contributed by atoms with Gasteiger partial charge in [-0.15, -0.1) is 0 Å². The van der Waals surface area contributed by atoms with Crippen LogP contribution in [0.1, 0.15) is 48.4 Å². The van der Waals surface area contributed by atoms with Crippen molar-refractivity contribution in [3.63, 3.8) is 0 Å². The Hall–Kier alpha value is -2.82. The molecular weight excluding hydrogens is 336 g/mol. The average molecular weight is 364 g/mol. The first-order valence-electron chi connectivity index (χ1n) is 9.38. The molecule has 5 heteroatoms. The third kappa shape index (κ3) is 4.30. The van der Waals surface area contributed by atoms with Crippen molar-refractivity contribution in [1.29, 1.82) is 0 Å². The fourth-order valence-electron chi connectivity index (χ4n) is 3.51. The minimum atomic E-state index is 0.148. The lowest BCUT2D eigenvalue weighted by Gasteiger charge is -2.20. The van der Waals surface area contributed by atoms with Gasteiger partial charge in [-0.1, -0.05) is 48.5 Å².